The third-order valence-corrected chi connectivity index (χ3v) is 4.68. The van der Waals surface area contributed by atoms with Crippen LogP contribution in [0.3, 0.4) is 0 Å². The summed E-state index contributed by atoms with van der Waals surface area (Å²) >= 11 is 0. The molecule has 3 rings (SSSR count). The number of halogens is 1. The Morgan fingerprint density at radius 3 is 2.55 bits per heavy atom. The summed E-state index contributed by atoms with van der Waals surface area (Å²) in [7, 11) is 1.62. The molecule has 0 N–H and O–H groups in total. The average Bonchev–Trinajstić information content (AvgIpc) is 2.76. The molecule has 156 valence electrons. The standard InChI is InChI=1S/C23H27NO4.ClH/c1-26-23-6-3-2-5-20(23)9-12-22(25)19-7-10-21(11-8-19)28-16-4-13-24-14-17-27-18-15-24;/h2-3,5-12H,4,13-18H2,1H3;1H/b12-9+;. The molecule has 1 aliphatic heterocycles. The summed E-state index contributed by atoms with van der Waals surface area (Å²) in [5, 5.41) is 0. The summed E-state index contributed by atoms with van der Waals surface area (Å²) in [6.45, 7) is 5.33. The molecule has 2 aromatic carbocycles. The van der Waals surface area contributed by atoms with Gasteiger partial charge in [-0.25, -0.2) is 0 Å². The third kappa shape index (κ3) is 7.20. The number of hydrogen-bond donors (Lipinski definition) is 0. The Labute approximate surface area is 178 Å². The highest BCUT2D eigenvalue weighted by Crippen LogP contribution is 2.19. The van der Waals surface area contributed by atoms with Gasteiger partial charge in [0, 0.05) is 30.8 Å². The van der Waals surface area contributed by atoms with Gasteiger partial charge in [-0.05, 0) is 48.9 Å². The van der Waals surface area contributed by atoms with Gasteiger partial charge in [0.2, 0.25) is 0 Å². The average molecular weight is 418 g/mol. The fraction of sp³-hybridized carbons (Fsp3) is 0.348. The maximum atomic E-state index is 12.4. The molecular formula is C23H28ClNO4. The van der Waals surface area contributed by atoms with E-state index in [1.807, 2.05) is 36.4 Å². The fourth-order valence-corrected chi connectivity index (χ4v) is 3.08. The van der Waals surface area contributed by atoms with E-state index in [4.69, 9.17) is 14.2 Å². The van der Waals surface area contributed by atoms with E-state index >= 15 is 0 Å². The number of benzene rings is 2. The van der Waals surface area contributed by atoms with Gasteiger partial charge in [-0.2, -0.15) is 0 Å². The normalized spacial score (nSPS) is 14.4. The summed E-state index contributed by atoms with van der Waals surface area (Å²) in [4.78, 5) is 14.8. The molecular weight excluding hydrogens is 390 g/mol. The van der Waals surface area contributed by atoms with Crippen molar-refractivity contribution in [2.75, 3.05) is 46.6 Å². The number of carbonyl (C=O) groups is 1. The van der Waals surface area contributed by atoms with E-state index in [0.29, 0.717) is 12.2 Å². The number of carbonyl (C=O) groups excluding carboxylic acids is 1. The number of ether oxygens (including phenoxy) is 3. The van der Waals surface area contributed by atoms with Crippen molar-refractivity contribution >= 4 is 24.3 Å². The number of nitrogens with zero attached hydrogens (tertiary/aromatic N) is 1. The Morgan fingerprint density at radius 1 is 1.10 bits per heavy atom. The van der Waals surface area contributed by atoms with E-state index in [9.17, 15) is 4.79 Å². The zero-order valence-corrected chi connectivity index (χ0v) is 17.5. The van der Waals surface area contributed by atoms with Crippen LogP contribution >= 0.6 is 12.4 Å². The first kappa shape index (κ1) is 22.9. The Morgan fingerprint density at radius 2 is 1.83 bits per heavy atom. The van der Waals surface area contributed by atoms with E-state index < -0.39 is 0 Å². The van der Waals surface area contributed by atoms with E-state index in [1.54, 1.807) is 31.4 Å². The molecule has 2 aromatic rings. The summed E-state index contributed by atoms with van der Waals surface area (Å²) in [5.74, 6) is 1.48. The van der Waals surface area contributed by atoms with Crippen LogP contribution in [0.25, 0.3) is 6.08 Å². The van der Waals surface area contributed by atoms with Gasteiger partial charge < -0.3 is 14.2 Å². The van der Waals surface area contributed by atoms with Crippen LogP contribution in [0.5, 0.6) is 11.5 Å². The van der Waals surface area contributed by atoms with E-state index in [0.717, 1.165) is 56.3 Å². The Balaban J connectivity index is 0.00000300. The van der Waals surface area contributed by atoms with Crippen LogP contribution in [0.2, 0.25) is 0 Å². The number of allylic oxidation sites excluding steroid dienone is 1. The summed E-state index contributed by atoms with van der Waals surface area (Å²) in [6, 6.07) is 14.9. The van der Waals surface area contributed by atoms with Gasteiger partial charge in [-0.3, -0.25) is 9.69 Å². The third-order valence-electron chi connectivity index (χ3n) is 4.68. The smallest absolute Gasteiger partial charge is 0.185 e. The molecule has 5 nitrogen and oxygen atoms in total. The molecule has 1 heterocycles. The van der Waals surface area contributed by atoms with Gasteiger partial charge in [0.1, 0.15) is 11.5 Å². The Bertz CT molecular complexity index is 786. The second-order valence-electron chi connectivity index (χ2n) is 6.62. The second-order valence-corrected chi connectivity index (χ2v) is 6.62. The molecule has 1 aliphatic rings. The SMILES string of the molecule is COc1ccccc1/C=C/C(=O)c1ccc(OCCCN2CCOCC2)cc1.Cl. The Hall–Kier alpha value is -2.34. The predicted octanol–water partition coefficient (Wildman–Crippen LogP) is 4.11. The monoisotopic (exact) mass is 417 g/mol. The van der Waals surface area contributed by atoms with Crippen LogP contribution in [-0.2, 0) is 4.74 Å². The molecule has 0 unspecified atom stereocenters. The van der Waals surface area contributed by atoms with E-state index in [-0.39, 0.29) is 18.2 Å². The lowest BCUT2D eigenvalue weighted by atomic mass is 10.1. The second kappa shape index (κ2) is 12.3. The number of para-hydroxylation sites is 1. The zero-order chi connectivity index (χ0) is 19.6. The van der Waals surface area contributed by atoms with Crippen LogP contribution in [0.1, 0.15) is 22.3 Å². The van der Waals surface area contributed by atoms with Crippen LogP contribution in [0, 0.1) is 0 Å². The first-order chi connectivity index (χ1) is 13.8. The minimum atomic E-state index is -0.0511. The molecule has 0 aromatic heterocycles. The van der Waals surface area contributed by atoms with Crippen molar-refractivity contribution in [3.8, 4) is 11.5 Å². The maximum absolute atomic E-state index is 12.4. The lowest BCUT2D eigenvalue weighted by molar-refractivity contribution is 0.0358. The molecule has 0 bridgehead atoms. The molecule has 0 atom stereocenters. The number of methoxy groups -OCH3 is 1. The van der Waals surface area contributed by atoms with Gasteiger partial charge in [0.15, 0.2) is 5.78 Å². The highest BCUT2D eigenvalue weighted by atomic mass is 35.5. The minimum Gasteiger partial charge on any atom is -0.496 e. The largest absolute Gasteiger partial charge is 0.496 e. The Kier molecular flexibility index (Phi) is 9.71. The van der Waals surface area contributed by atoms with Crippen LogP contribution in [-0.4, -0.2) is 57.2 Å². The molecule has 0 spiro atoms. The summed E-state index contributed by atoms with van der Waals surface area (Å²) in [6.07, 6.45) is 4.32. The van der Waals surface area contributed by atoms with Gasteiger partial charge >= 0.3 is 0 Å². The summed E-state index contributed by atoms with van der Waals surface area (Å²) < 4.78 is 16.4. The first-order valence-corrected chi connectivity index (χ1v) is 9.64. The highest BCUT2D eigenvalue weighted by molar-refractivity contribution is 6.07. The lowest BCUT2D eigenvalue weighted by Crippen LogP contribution is -2.37. The molecule has 0 saturated carbocycles. The number of hydrogen-bond acceptors (Lipinski definition) is 5. The fourth-order valence-electron chi connectivity index (χ4n) is 3.08. The van der Waals surface area contributed by atoms with Crippen LogP contribution in [0.15, 0.2) is 54.6 Å². The quantitative estimate of drug-likeness (QED) is 0.349. The topological polar surface area (TPSA) is 48.0 Å². The lowest BCUT2D eigenvalue weighted by Gasteiger charge is -2.26. The molecule has 0 amide bonds. The van der Waals surface area contributed by atoms with Crippen molar-refractivity contribution in [1.29, 1.82) is 0 Å². The van der Waals surface area contributed by atoms with E-state index in [2.05, 4.69) is 4.90 Å². The van der Waals surface area contributed by atoms with Gasteiger partial charge in [0.25, 0.3) is 0 Å². The van der Waals surface area contributed by atoms with Crippen LogP contribution < -0.4 is 9.47 Å². The van der Waals surface area contributed by atoms with Gasteiger partial charge in [-0.15, -0.1) is 12.4 Å². The number of rotatable bonds is 9. The van der Waals surface area contributed by atoms with E-state index in [1.165, 1.54) is 0 Å². The number of morpholine rings is 1. The molecule has 1 fully saturated rings. The van der Waals surface area contributed by atoms with Crippen molar-refractivity contribution in [2.24, 2.45) is 0 Å². The summed E-state index contributed by atoms with van der Waals surface area (Å²) in [5.41, 5.74) is 1.50. The highest BCUT2D eigenvalue weighted by Gasteiger charge is 2.09. The zero-order valence-electron chi connectivity index (χ0n) is 16.7. The van der Waals surface area contributed by atoms with Crippen molar-refractivity contribution in [3.63, 3.8) is 0 Å². The van der Waals surface area contributed by atoms with Crippen molar-refractivity contribution in [2.45, 2.75) is 6.42 Å². The molecule has 29 heavy (non-hydrogen) atoms. The first-order valence-electron chi connectivity index (χ1n) is 9.64. The molecule has 1 saturated heterocycles. The minimum absolute atomic E-state index is 0. The maximum Gasteiger partial charge on any atom is 0.185 e. The van der Waals surface area contributed by atoms with Crippen LogP contribution in [0.4, 0.5) is 0 Å². The molecule has 0 radical (unpaired) electrons. The van der Waals surface area contributed by atoms with Crippen molar-refractivity contribution in [1.82, 2.24) is 4.90 Å². The van der Waals surface area contributed by atoms with Crippen molar-refractivity contribution < 1.29 is 19.0 Å². The van der Waals surface area contributed by atoms with Gasteiger partial charge in [0.05, 0.1) is 26.9 Å². The molecule has 6 heteroatoms. The number of ketones is 1. The van der Waals surface area contributed by atoms with Gasteiger partial charge in [-0.1, -0.05) is 18.2 Å². The predicted molar refractivity (Wildman–Crippen MR) is 117 cm³/mol. The van der Waals surface area contributed by atoms with Crippen molar-refractivity contribution in [3.05, 3.63) is 65.7 Å². The molecule has 0 aliphatic carbocycles.